The molecule has 4 aromatic rings. The Hall–Kier alpha value is -3.12. The summed E-state index contributed by atoms with van der Waals surface area (Å²) in [7, 11) is 0. The summed E-state index contributed by atoms with van der Waals surface area (Å²) >= 11 is 1.56. The Morgan fingerprint density at radius 1 is 0.923 bits per heavy atom. The van der Waals surface area contributed by atoms with Crippen molar-refractivity contribution in [2.45, 2.75) is 13.0 Å². The van der Waals surface area contributed by atoms with Gasteiger partial charge in [0.05, 0.1) is 5.39 Å². The number of hydrogen-bond donors (Lipinski definition) is 2. The van der Waals surface area contributed by atoms with Crippen molar-refractivity contribution >= 4 is 44.7 Å². The van der Waals surface area contributed by atoms with Crippen molar-refractivity contribution in [1.29, 1.82) is 0 Å². The maximum Gasteiger partial charge on any atom is 0.223 e. The molecule has 0 radical (unpaired) electrons. The highest BCUT2D eigenvalue weighted by Crippen LogP contribution is 2.41. The molecule has 0 saturated heterocycles. The smallest absolute Gasteiger partial charge is 0.223 e. The Morgan fingerprint density at radius 3 is 2.27 bits per heavy atom. The Kier molecular flexibility index (Phi) is 3.33. The third-order valence-corrected chi connectivity index (χ3v) is 5.75. The Labute approximate surface area is 154 Å². The maximum absolute atomic E-state index is 6.15. The molecule has 0 unspecified atom stereocenters. The van der Waals surface area contributed by atoms with Gasteiger partial charge >= 0.3 is 0 Å². The summed E-state index contributed by atoms with van der Waals surface area (Å²) in [6.45, 7) is 0.714. The Balaban J connectivity index is 1.66. The van der Waals surface area contributed by atoms with Gasteiger partial charge in [0.1, 0.15) is 10.6 Å². The lowest BCUT2D eigenvalue weighted by atomic mass is 9.95. The summed E-state index contributed by atoms with van der Waals surface area (Å²) < 4.78 is 0. The number of benzene rings is 2. The monoisotopic (exact) mass is 359 g/mol. The van der Waals surface area contributed by atoms with Crippen LogP contribution in [0.2, 0.25) is 0 Å². The molecule has 0 amide bonds. The largest absolute Gasteiger partial charge is 0.383 e. The van der Waals surface area contributed by atoms with Gasteiger partial charge in [0.15, 0.2) is 0 Å². The van der Waals surface area contributed by atoms with Crippen LogP contribution in [0, 0.1) is 0 Å². The number of nitrogen functional groups attached to an aromatic ring is 2. The van der Waals surface area contributed by atoms with Crippen LogP contribution in [-0.4, -0.2) is 9.97 Å². The van der Waals surface area contributed by atoms with E-state index in [-0.39, 0.29) is 5.95 Å². The van der Waals surface area contributed by atoms with E-state index < -0.39 is 0 Å². The number of aromatic nitrogens is 2. The van der Waals surface area contributed by atoms with Crippen LogP contribution in [0.4, 0.5) is 23.1 Å². The SMILES string of the molecule is Nc1nc(N)c2c(CN3c4ccccc4Cc4ccccc43)csc2n1. The standard InChI is InChI=1S/C20H17N5S/c21-18-17-14(11-26-19(17)24-20(22)23-18)10-25-15-7-3-1-5-12(15)9-13-6-2-4-8-16(13)25/h1-8,11H,9-10H2,(H4,21,22,23,24). The van der Waals surface area contributed by atoms with E-state index in [2.05, 4.69) is 68.8 Å². The third-order valence-electron chi connectivity index (χ3n) is 4.83. The average Bonchev–Trinajstić information content (AvgIpc) is 3.04. The van der Waals surface area contributed by atoms with E-state index in [1.54, 1.807) is 11.3 Å². The van der Waals surface area contributed by atoms with Gasteiger partial charge in [-0.15, -0.1) is 11.3 Å². The van der Waals surface area contributed by atoms with Gasteiger partial charge in [0.2, 0.25) is 5.95 Å². The normalized spacial score (nSPS) is 12.8. The second-order valence-corrected chi connectivity index (χ2v) is 7.29. The number of nitrogens with zero attached hydrogens (tertiary/aromatic N) is 3. The lowest BCUT2D eigenvalue weighted by molar-refractivity contribution is 0.934. The molecular formula is C20H17N5S. The number of thiophene rings is 1. The first-order valence-corrected chi connectivity index (χ1v) is 9.31. The van der Waals surface area contributed by atoms with Crippen LogP contribution in [0.5, 0.6) is 0 Å². The summed E-state index contributed by atoms with van der Waals surface area (Å²) in [6.07, 6.45) is 0.953. The highest BCUT2D eigenvalue weighted by molar-refractivity contribution is 7.17. The highest BCUT2D eigenvalue weighted by atomic mass is 32.1. The molecule has 128 valence electrons. The molecule has 0 aliphatic carbocycles. The predicted molar refractivity (Wildman–Crippen MR) is 108 cm³/mol. The molecule has 0 bridgehead atoms. The topological polar surface area (TPSA) is 81.1 Å². The van der Waals surface area contributed by atoms with E-state index in [4.69, 9.17) is 11.5 Å². The van der Waals surface area contributed by atoms with E-state index in [1.165, 1.54) is 22.5 Å². The van der Waals surface area contributed by atoms with Crippen LogP contribution >= 0.6 is 11.3 Å². The van der Waals surface area contributed by atoms with Crippen LogP contribution in [0.15, 0.2) is 53.9 Å². The minimum Gasteiger partial charge on any atom is -0.383 e. The lowest BCUT2D eigenvalue weighted by Crippen LogP contribution is -2.22. The minimum absolute atomic E-state index is 0.220. The van der Waals surface area contributed by atoms with Crippen molar-refractivity contribution in [2.75, 3.05) is 16.4 Å². The molecule has 2 aromatic carbocycles. The van der Waals surface area contributed by atoms with Gasteiger partial charge < -0.3 is 16.4 Å². The minimum atomic E-state index is 0.220. The molecule has 0 saturated carbocycles. The number of hydrogen-bond acceptors (Lipinski definition) is 6. The zero-order valence-electron chi connectivity index (χ0n) is 14.0. The van der Waals surface area contributed by atoms with E-state index in [1.807, 2.05) is 0 Å². The van der Waals surface area contributed by atoms with Gasteiger partial charge in [-0.1, -0.05) is 36.4 Å². The van der Waals surface area contributed by atoms with Gasteiger partial charge in [-0.25, -0.2) is 4.98 Å². The molecule has 6 heteroatoms. The van der Waals surface area contributed by atoms with E-state index in [0.717, 1.165) is 22.2 Å². The van der Waals surface area contributed by atoms with E-state index >= 15 is 0 Å². The molecular weight excluding hydrogens is 342 g/mol. The van der Waals surface area contributed by atoms with E-state index in [9.17, 15) is 0 Å². The van der Waals surface area contributed by atoms with Crippen molar-refractivity contribution in [3.05, 3.63) is 70.6 Å². The average molecular weight is 359 g/mol. The summed E-state index contributed by atoms with van der Waals surface area (Å²) in [6, 6.07) is 17.1. The predicted octanol–water partition coefficient (Wildman–Crippen LogP) is 4.10. The number of para-hydroxylation sites is 2. The van der Waals surface area contributed by atoms with Gasteiger partial charge in [-0.05, 0) is 34.2 Å². The van der Waals surface area contributed by atoms with Gasteiger partial charge in [-0.2, -0.15) is 4.98 Å². The fourth-order valence-electron chi connectivity index (χ4n) is 3.69. The molecule has 2 aromatic heterocycles. The van der Waals surface area contributed by atoms with Crippen LogP contribution in [-0.2, 0) is 13.0 Å². The molecule has 1 aliphatic heterocycles. The molecule has 26 heavy (non-hydrogen) atoms. The molecule has 3 heterocycles. The van der Waals surface area contributed by atoms with Crippen molar-refractivity contribution < 1.29 is 0 Å². The Bertz CT molecular complexity index is 1090. The van der Waals surface area contributed by atoms with E-state index in [0.29, 0.717) is 12.4 Å². The Morgan fingerprint density at radius 2 is 1.58 bits per heavy atom. The van der Waals surface area contributed by atoms with Crippen molar-refractivity contribution in [2.24, 2.45) is 0 Å². The van der Waals surface area contributed by atoms with Crippen LogP contribution in [0.25, 0.3) is 10.2 Å². The second-order valence-electron chi connectivity index (χ2n) is 6.43. The molecule has 5 nitrogen and oxygen atoms in total. The maximum atomic E-state index is 6.15. The second kappa shape index (κ2) is 5.71. The van der Waals surface area contributed by atoms with Crippen molar-refractivity contribution in [3.63, 3.8) is 0 Å². The lowest BCUT2D eigenvalue weighted by Gasteiger charge is -2.33. The molecule has 5 rings (SSSR count). The third kappa shape index (κ3) is 2.30. The van der Waals surface area contributed by atoms with Crippen LogP contribution < -0.4 is 16.4 Å². The number of nitrogens with two attached hydrogens (primary N) is 2. The molecule has 0 atom stereocenters. The first-order chi connectivity index (χ1) is 12.7. The van der Waals surface area contributed by atoms with Gasteiger partial charge in [-0.3, -0.25) is 0 Å². The quantitative estimate of drug-likeness (QED) is 0.563. The first kappa shape index (κ1) is 15.2. The number of rotatable bonds is 2. The van der Waals surface area contributed by atoms with Crippen molar-refractivity contribution in [3.8, 4) is 0 Å². The zero-order chi connectivity index (χ0) is 17.7. The van der Waals surface area contributed by atoms with Gasteiger partial charge in [0.25, 0.3) is 0 Å². The molecule has 0 fully saturated rings. The fraction of sp³-hybridized carbons (Fsp3) is 0.100. The first-order valence-electron chi connectivity index (χ1n) is 8.43. The molecule has 4 N–H and O–H groups in total. The summed E-state index contributed by atoms with van der Waals surface area (Å²) in [5.74, 6) is 0.666. The van der Waals surface area contributed by atoms with Crippen LogP contribution in [0.1, 0.15) is 16.7 Å². The fourth-order valence-corrected chi connectivity index (χ4v) is 4.63. The van der Waals surface area contributed by atoms with Crippen molar-refractivity contribution in [1.82, 2.24) is 9.97 Å². The number of anilines is 4. The summed E-state index contributed by atoms with van der Waals surface area (Å²) in [5, 5.41) is 3.01. The zero-order valence-corrected chi connectivity index (χ0v) is 14.8. The number of fused-ring (bicyclic) bond motifs is 3. The van der Waals surface area contributed by atoms with Gasteiger partial charge in [0, 0.05) is 24.3 Å². The van der Waals surface area contributed by atoms with Crippen LogP contribution in [0.3, 0.4) is 0 Å². The molecule has 1 aliphatic rings. The highest BCUT2D eigenvalue weighted by Gasteiger charge is 2.23. The molecule has 0 spiro atoms. The summed E-state index contributed by atoms with van der Waals surface area (Å²) in [5.41, 5.74) is 18.2. The summed E-state index contributed by atoms with van der Waals surface area (Å²) in [4.78, 5) is 11.7.